The first kappa shape index (κ1) is 10.2. The highest BCUT2D eigenvalue weighted by Gasteiger charge is 2.32. The summed E-state index contributed by atoms with van der Waals surface area (Å²) in [5.74, 6) is 0.351. The van der Waals surface area contributed by atoms with Gasteiger partial charge in [0, 0.05) is 5.57 Å². The normalized spacial score (nSPS) is 28.6. The maximum Gasteiger partial charge on any atom is 0.240 e. The molecular formula is C12H11FO2S. The minimum atomic E-state index is -1.54. The van der Waals surface area contributed by atoms with Gasteiger partial charge in [0.15, 0.2) is 11.1 Å². The number of alkyl halides is 1. The number of halogens is 1. The van der Waals surface area contributed by atoms with Crippen LogP contribution in [0.4, 0.5) is 4.39 Å². The molecule has 0 saturated heterocycles. The van der Waals surface area contributed by atoms with Gasteiger partial charge in [0.05, 0.1) is 5.75 Å². The Hall–Kier alpha value is -1.00. The molecule has 1 aliphatic carbocycles. The van der Waals surface area contributed by atoms with Gasteiger partial charge in [0.25, 0.3) is 0 Å². The summed E-state index contributed by atoms with van der Waals surface area (Å²) in [4.78, 5) is 0. The van der Waals surface area contributed by atoms with Crippen LogP contribution in [0, 0.1) is 0 Å². The lowest BCUT2D eigenvalue weighted by Crippen LogP contribution is -2.25. The van der Waals surface area contributed by atoms with Gasteiger partial charge in [0.1, 0.15) is 0 Å². The zero-order chi connectivity index (χ0) is 11.1. The van der Waals surface area contributed by atoms with Crippen LogP contribution in [0.2, 0.25) is 0 Å². The quantitative estimate of drug-likeness (QED) is 0.693. The van der Waals surface area contributed by atoms with Gasteiger partial charge in [-0.2, -0.15) is 0 Å². The Kier molecular flexibility index (Phi) is 2.41. The van der Waals surface area contributed by atoms with Gasteiger partial charge in [-0.15, -0.1) is 0 Å². The number of hydrogen-bond donors (Lipinski definition) is 0. The van der Waals surface area contributed by atoms with Gasteiger partial charge in [-0.3, -0.25) is 0 Å². The molecule has 0 bridgehead atoms. The zero-order valence-electron chi connectivity index (χ0n) is 8.61. The van der Waals surface area contributed by atoms with Crippen molar-refractivity contribution in [3.63, 3.8) is 0 Å². The number of rotatable bonds is 0. The van der Waals surface area contributed by atoms with Gasteiger partial charge < -0.3 is 0 Å². The second kappa shape index (κ2) is 3.79. The average Bonchev–Trinajstić information content (AvgIpc) is 2.28. The zero-order valence-corrected chi connectivity index (χ0v) is 9.43. The van der Waals surface area contributed by atoms with Crippen LogP contribution in [0.5, 0.6) is 0 Å². The van der Waals surface area contributed by atoms with Crippen LogP contribution in [0.15, 0.2) is 29.8 Å². The molecule has 0 N–H and O–H groups in total. The lowest BCUT2D eigenvalue weighted by Gasteiger charge is -2.28. The Balaban J connectivity index is 2.15. The Labute approximate surface area is 95.8 Å². The van der Waals surface area contributed by atoms with Crippen LogP contribution < -0.4 is 0 Å². The molecule has 84 valence electrons. The van der Waals surface area contributed by atoms with Crippen LogP contribution in [0.25, 0.3) is 5.57 Å². The molecule has 0 spiro atoms. The van der Waals surface area contributed by atoms with Crippen molar-refractivity contribution in [3.8, 4) is 0 Å². The summed E-state index contributed by atoms with van der Waals surface area (Å²) in [6.07, 6.45) is 0.159. The highest BCUT2D eigenvalue weighted by molar-refractivity contribution is 7.80. The summed E-state index contributed by atoms with van der Waals surface area (Å²) < 4.78 is 29.8. The number of benzene rings is 1. The van der Waals surface area contributed by atoms with Crippen LogP contribution >= 0.6 is 0 Å². The first-order chi connectivity index (χ1) is 7.75. The maximum absolute atomic E-state index is 13.8. The average molecular weight is 238 g/mol. The summed E-state index contributed by atoms with van der Waals surface area (Å²) >= 11 is -1.50. The van der Waals surface area contributed by atoms with E-state index in [0.717, 1.165) is 29.5 Å². The summed E-state index contributed by atoms with van der Waals surface area (Å²) in [6.45, 7) is 0. The van der Waals surface area contributed by atoms with E-state index in [1.807, 2.05) is 24.3 Å². The lowest BCUT2D eigenvalue weighted by molar-refractivity contribution is 0.137. The third-order valence-electron chi connectivity index (χ3n) is 3.10. The number of hydrogen-bond acceptors (Lipinski definition) is 2. The van der Waals surface area contributed by atoms with Crippen LogP contribution in [0.3, 0.4) is 0 Å². The van der Waals surface area contributed by atoms with Crippen LogP contribution in [-0.2, 0) is 21.7 Å². The van der Waals surface area contributed by atoms with Crippen molar-refractivity contribution in [2.24, 2.45) is 0 Å². The fourth-order valence-electron chi connectivity index (χ4n) is 2.36. The van der Waals surface area contributed by atoms with Crippen LogP contribution in [-0.4, -0.2) is 16.3 Å². The molecule has 0 fully saturated rings. The molecule has 1 aromatic carbocycles. The molecule has 1 aliphatic heterocycles. The predicted molar refractivity (Wildman–Crippen MR) is 60.7 cm³/mol. The fraction of sp³-hybridized carbons (Fsp3) is 0.333. The SMILES string of the molecule is O=[S@@]1CC2=C(c3ccccc3CC2)[C@@H](F)O1. The summed E-state index contributed by atoms with van der Waals surface area (Å²) in [7, 11) is 0. The summed E-state index contributed by atoms with van der Waals surface area (Å²) in [6, 6.07) is 7.78. The van der Waals surface area contributed by atoms with E-state index in [1.165, 1.54) is 0 Å². The molecule has 0 amide bonds. The van der Waals surface area contributed by atoms with E-state index in [2.05, 4.69) is 0 Å². The van der Waals surface area contributed by atoms with Crippen LogP contribution in [0.1, 0.15) is 17.5 Å². The molecule has 0 aromatic heterocycles. The molecule has 0 unspecified atom stereocenters. The second-order valence-electron chi connectivity index (χ2n) is 4.03. The van der Waals surface area contributed by atoms with E-state index >= 15 is 0 Å². The van der Waals surface area contributed by atoms with Crippen molar-refractivity contribution in [2.75, 3.05) is 5.75 Å². The lowest BCUT2D eigenvalue weighted by atomic mass is 9.86. The molecule has 2 atom stereocenters. The molecule has 1 aromatic rings. The highest BCUT2D eigenvalue weighted by Crippen LogP contribution is 2.38. The molecule has 3 rings (SSSR count). The van der Waals surface area contributed by atoms with Crippen molar-refractivity contribution in [1.29, 1.82) is 0 Å². The van der Waals surface area contributed by atoms with Crippen molar-refractivity contribution in [2.45, 2.75) is 19.2 Å². The predicted octanol–water partition coefficient (Wildman–Crippen LogP) is 2.38. The Morgan fingerprint density at radius 2 is 2.12 bits per heavy atom. The van der Waals surface area contributed by atoms with Gasteiger partial charge in [-0.1, -0.05) is 24.3 Å². The molecule has 0 radical (unpaired) electrons. The van der Waals surface area contributed by atoms with E-state index in [9.17, 15) is 8.60 Å². The largest absolute Gasteiger partial charge is 0.249 e. The van der Waals surface area contributed by atoms with Crippen molar-refractivity contribution < 1.29 is 12.8 Å². The molecule has 1 heterocycles. The highest BCUT2D eigenvalue weighted by atomic mass is 32.2. The number of aryl methyl sites for hydroxylation is 1. The standard InChI is InChI=1S/C12H11FO2S/c13-12-11-9(7-16(14)15-12)6-5-8-3-1-2-4-10(8)11/h1-4,12H,5-7H2/t12-,16-/m0/s1. The summed E-state index contributed by atoms with van der Waals surface area (Å²) in [5, 5.41) is 0. The van der Waals surface area contributed by atoms with E-state index in [-0.39, 0.29) is 0 Å². The number of fused-ring (bicyclic) bond motifs is 2. The van der Waals surface area contributed by atoms with Gasteiger partial charge in [0.2, 0.25) is 6.36 Å². The summed E-state index contributed by atoms with van der Waals surface area (Å²) in [5.41, 5.74) is 3.64. The minimum Gasteiger partial charge on any atom is -0.249 e. The molecule has 2 aliphatic rings. The Morgan fingerprint density at radius 1 is 1.31 bits per heavy atom. The maximum atomic E-state index is 13.8. The minimum absolute atomic E-state index is 0.351. The van der Waals surface area contributed by atoms with E-state index in [1.54, 1.807) is 0 Å². The fourth-order valence-corrected chi connectivity index (χ4v) is 3.30. The van der Waals surface area contributed by atoms with E-state index < -0.39 is 17.4 Å². The van der Waals surface area contributed by atoms with Gasteiger partial charge in [-0.25, -0.2) is 12.8 Å². The second-order valence-corrected chi connectivity index (χ2v) is 5.12. The third kappa shape index (κ3) is 1.53. The van der Waals surface area contributed by atoms with Crippen molar-refractivity contribution in [3.05, 3.63) is 41.0 Å². The topological polar surface area (TPSA) is 26.3 Å². The van der Waals surface area contributed by atoms with E-state index in [0.29, 0.717) is 11.3 Å². The van der Waals surface area contributed by atoms with Gasteiger partial charge >= 0.3 is 0 Å². The monoisotopic (exact) mass is 238 g/mol. The first-order valence-corrected chi connectivity index (χ1v) is 6.50. The van der Waals surface area contributed by atoms with E-state index in [4.69, 9.17) is 4.18 Å². The smallest absolute Gasteiger partial charge is 0.240 e. The molecule has 4 heteroatoms. The molecule has 0 saturated carbocycles. The van der Waals surface area contributed by atoms with Crippen molar-refractivity contribution >= 4 is 16.7 Å². The van der Waals surface area contributed by atoms with Crippen molar-refractivity contribution in [1.82, 2.24) is 0 Å². The Morgan fingerprint density at radius 3 is 3.00 bits per heavy atom. The first-order valence-electron chi connectivity index (χ1n) is 5.25. The third-order valence-corrected chi connectivity index (χ3v) is 4.06. The molecular weight excluding hydrogens is 227 g/mol. The molecule has 2 nitrogen and oxygen atoms in total. The Bertz CT molecular complexity index is 496. The molecule has 16 heavy (non-hydrogen) atoms. The van der Waals surface area contributed by atoms with Gasteiger partial charge in [-0.05, 0) is 29.5 Å².